The zero-order valence-corrected chi connectivity index (χ0v) is 21.6. The van der Waals surface area contributed by atoms with Crippen molar-refractivity contribution in [3.8, 4) is 0 Å². The lowest BCUT2D eigenvalue weighted by molar-refractivity contribution is -0.139. The maximum Gasteiger partial charge on any atom is 0.338 e. The largest absolute Gasteiger partial charge is 0.463 e. The Labute approximate surface area is 215 Å². The van der Waals surface area contributed by atoms with Crippen molar-refractivity contribution in [3.05, 3.63) is 61.9 Å². The van der Waals surface area contributed by atoms with Crippen molar-refractivity contribution >= 4 is 45.0 Å². The molecule has 3 aliphatic rings. The highest BCUT2D eigenvalue weighted by Gasteiger charge is 2.38. The zero-order chi connectivity index (χ0) is 24.5. The number of carbonyl (C=O) groups is 2. The molecule has 0 bridgehead atoms. The molecule has 0 unspecified atom stereocenters. The van der Waals surface area contributed by atoms with E-state index >= 15 is 0 Å². The number of nitrogens with one attached hydrogen (secondary N) is 1. The van der Waals surface area contributed by atoms with Crippen LogP contribution in [0.25, 0.3) is 0 Å². The van der Waals surface area contributed by atoms with Crippen molar-refractivity contribution < 1.29 is 18.7 Å². The van der Waals surface area contributed by atoms with Gasteiger partial charge >= 0.3 is 5.97 Å². The van der Waals surface area contributed by atoms with E-state index in [4.69, 9.17) is 9.73 Å². The van der Waals surface area contributed by atoms with Gasteiger partial charge < -0.3 is 15.0 Å². The van der Waals surface area contributed by atoms with Crippen molar-refractivity contribution in [3.63, 3.8) is 0 Å². The number of halogens is 2. The number of thiazole rings is 1. The lowest BCUT2D eigenvalue weighted by atomic mass is 9.95. The first-order chi connectivity index (χ1) is 16.9. The number of carbonyl (C=O) groups excluding carboxylic acids is 2. The number of hydrogen-bond acceptors (Lipinski definition) is 8. The van der Waals surface area contributed by atoms with Crippen LogP contribution >= 0.6 is 27.3 Å². The monoisotopic (exact) mass is 561 g/mol. The molecule has 11 heteroatoms. The molecule has 1 amide bonds. The Balaban J connectivity index is 1.54. The number of ether oxygens (including phenoxy) is 1. The van der Waals surface area contributed by atoms with Gasteiger partial charge in [-0.2, -0.15) is 0 Å². The normalized spacial score (nSPS) is 22.7. The Kier molecular flexibility index (Phi) is 6.99. The maximum absolute atomic E-state index is 13.9. The fourth-order valence-corrected chi connectivity index (χ4v) is 6.02. The van der Waals surface area contributed by atoms with Crippen LogP contribution in [-0.4, -0.2) is 71.3 Å². The van der Waals surface area contributed by atoms with Gasteiger partial charge in [0.2, 0.25) is 5.91 Å². The summed E-state index contributed by atoms with van der Waals surface area (Å²) in [5.74, 6) is -0.0763. The topological polar surface area (TPSA) is 87.1 Å². The zero-order valence-electron chi connectivity index (χ0n) is 19.2. The van der Waals surface area contributed by atoms with E-state index in [-0.39, 0.29) is 24.4 Å². The summed E-state index contributed by atoms with van der Waals surface area (Å²) in [4.78, 5) is 38.9. The molecule has 5 rings (SSSR count). The van der Waals surface area contributed by atoms with Gasteiger partial charge in [0, 0.05) is 60.4 Å². The Hall–Kier alpha value is -2.63. The van der Waals surface area contributed by atoms with Crippen LogP contribution in [0, 0.1) is 5.82 Å². The van der Waals surface area contributed by atoms with Gasteiger partial charge in [-0.15, -0.1) is 11.3 Å². The van der Waals surface area contributed by atoms with Crippen LogP contribution in [0.3, 0.4) is 0 Å². The van der Waals surface area contributed by atoms with Crippen molar-refractivity contribution in [2.75, 3.05) is 32.8 Å². The van der Waals surface area contributed by atoms with Crippen LogP contribution in [0.15, 0.2) is 50.5 Å². The van der Waals surface area contributed by atoms with Crippen LogP contribution in [0.2, 0.25) is 0 Å². The molecule has 0 radical (unpaired) electrons. The molecule has 2 fully saturated rings. The number of aliphatic imine (C=N–C) groups is 1. The third-order valence-corrected chi connectivity index (χ3v) is 7.94. The molecular weight excluding hydrogens is 537 g/mol. The minimum Gasteiger partial charge on any atom is -0.463 e. The second-order valence-electron chi connectivity index (χ2n) is 8.64. The van der Waals surface area contributed by atoms with Gasteiger partial charge in [-0.1, -0.05) is 22.0 Å². The van der Waals surface area contributed by atoms with Crippen LogP contribution in [0.4, 0.5) is 4.39 Å². The first-order valence-electron chi connectivity index (χ1n) is 11.6. The molecule has 184 valence electrons. The fraction of sp³-hybridized carbons (Fsp3) is 0.417. The summed E-state index contributed by atoms with van der Waals surface area (Å²) in [7, 11) is 0. The van der Waals surface area contributed by atoms with Crippen molar-refractivity contribution in [1.29, 1.82) is 0 Å². The number of nitrogens with zero attached hydrogens (tertiary/aromatic N) is 4. The number of esters is 1. The average molecular weight is 562 g/mol. The predicted molar refractivity (Wildman–Crippen MR) is 133 cm³/mol. The molecule has 0 spiro atoms. The van der Waals surface area contributed by atoms with Gasteiger partial charge in [0.15, 0.2) is 10.8 Å². The summed E-state index contributed by atoms with van der Waals surface area (Å²) in [5.41, 5.74) is 1.74. The Morgan fingerprint density at radius 1 is 1.37 bits per heavy atom. The summed E-state index contributed by atoms with van der Waals surface area (Å²) in [5, 5.41) is 5.92. The van der Waals surface area contributed by atoms with E-state index in [0.717, 1.165) is 13.0 Å². The molecule has 4 heterocycles. The first kappa shape index (κ1) is 24.1. The van der Waals surface area contributed by atoms with E-state index in [0.29, 0.717) is 58.2 Å². The molecule has 8 nitrogen and oxygen atoms in total. The van der Waals surface area contributed by atoms with E-state index in [9.17, 15) is 14.0 Å². The average Bonchev–Trinajstić information content (AvgIpc) is 3.49. The Bertz CT molecular complexity index is 1200. The molecule has 1 N–H and O–H groups in total. The summed E-state index contributed by atoms with van der Waals surface area (Å²) >= 11 is 4.90. The van der Waals surface area contributed by atoms with Crippen LogP contribution in [0.5, 0.6) is 0 Å². The molecule has 2 aromatic rings. The molecule has 3 aliphatic heterocycles. The molecular formula is C24H25BrFN5O3S. The Morgan fingerprint density at radius 2 is 2.23 bits per heavy atom. The second kappa shape index (κ2) is 10.2. The quantitative estimate of drug-likeness (QED) is 0.545. The second-order valence-corrected chi connectivity index (χ2v) is 10.4. The van der Waals surface area contributed by atoms with Crippen molar-refractivity contribution in [2.45, 2.75) is 31.8 Å². The third kappa shape index (κ3) is 4.89. The summed E-state index contributed by atoms with van der Waals surface area (Å²) in [6.07, 6.45) is 3.15. The van der Waals surface area contributed by atoms with E-state index in [1.54, 1.807) is 19.2 Å². The van der Waals surface area contributed by atoms with Gasteiger partial charge in [-0.05, 0) is 31.0 Å². The van der Waals surface area contributed by atoms with E-state index < -0.39 is 12.0 Å². The van der Waals surface area contributed by atoms with Crippen LogP contribution in [-0.2, 0) is 14.3 Å². The number of amidine groups is 1. The van der Waals surface area contributed by atoms with Crippen molar-refractivity contribution in [1.82, 2.24) is 20.1 Å². The minimum atomic E-state index is -0.700. The van der Waals surface area contributed by atoms with Crippen molar-refractivity contribution in [2.24, 2.45) is 4.99 Å². The highest BCUT2D eigenvalue weighted by molar-refractivity contribution is 9.10. The van der Waals surface area contributed by atoms with Gasteiger partial charge in [0.1, 0.15) is 11.9 Å². The number of rotatable bonds is 6. The van der Waals surface area contributed by atoms with Gasteiger partial charge in [-0.25, -0.2) is 14.2 Å². The third-order valence-electron chi connectivity index (χ3n) is 6.47. The van der Waals surface area contributed by atoms with E-state index in [1.165, 1.54) is 23.5 Å². The van der Waals surface area contributed by atoms with Gasteiger partial charge in [0.25, 0.3) is 0 Å². The lowest BCUT2D eigenvalue weighted by Gasteiger charge is -2.39. The SMILES string of the molecule is CCOC(=O)C1=C(CN2CCN3C(=O)CC[C@@H]3C2)NC(c2nccs2)=N[C@H]1c1ccc(F)cc1Br. The first-order valence-corrected chi connectivity index (χ1v) is 13.2. The molecule has 2 saturated heterocycles. The molecule has 1 aromatic heterocycles. The number of benzene rings is 1. The minimum absolute atomic E-state index is 0.195. The highest BCUT2D eigenvalue weighted by Crippen LogP contribution is 2.37. The van der Waals surface area contributed by atoms with E-state index in [2.05, 4.69) is 31.1 Å². The molecule has 0 saturated carbocycles. The number of piperazine rings is 1. The van der Waals surface area contributed by atoms with Crippen LogP contribution < -0.4 is 5.32 Å². The summed E-state index contributed by atoms with van der Waals surface area (Å²) in [6.45, 7) is 4.56. The summed E-state index contributed by atoms with van der Waals surface area (Å²) in [6, 6.07) is 3.86. The molecule has 1 aromatic carbocycles. The summed E-state index contributed by atoms with van der Waals surface area (Å²) < 4.78 is 19.9. The number of hydrogen-bond donors (Lipinski definition) is 1. The predicted octanol–water partition coefficient (Wildman–Crippen LogP) is 3.26. The molecule has 2 atom stereocenters. The smallest absolute Gasteiger partial charge is 0.338 e. The maximum atomic E-state index is 13.9. The van der Waals surface area contributed by atoms with Gasteiger partial charge in [0.05, 0.1) is 12.2 Å². The van der Waals surface area contributed by atoms with Gasteiger partial charge in [-0.3, -0.25) is 14.7 Å². The standard InChI is InChI=1S/C24H25BrFN5O3S/c1-2-34-24(33)20-18(13-30-8-9-31-15(12-30)4-6-19(31)32)28-22(23-27-7-10-35-23)29-21(20)16-5-3-14(26)11-17(16)25/h3,5,7,10-11,15,21H,2,4,6,8-9,12-13H2,1H3,(H,28,29)/t15-,21+/m1/s1. The van der Waals surface area contributed by atoms with Crippen LogP contribution in [0.1, 0.15) is 36.4 Å². The fourth-order valence-electron chi connectivity index (χ4n) is 4.86. The molecule has 35 heavy (non-hydrogen) atoms. The number of aromatic nitrogens is 1. The molecule has 0 aliphatic carbocycles. The highest BCUT2D eigenvalue weighted by atomic mass is 79.9. The number of fused-ring (bicyclic) bond motifs is 1. The number of amides is 1. The van der Waals surface area contributed by atoms with E-state index in [1.807, 2.05) is 10.3 Å². The lowest BCUT2D eigenvalue weighted by Crippen LogP contribution is -2.53. The Morgan fingerprint density at radius 3 is 2.97 bits per heavy atom.